The number of nitrogens with zero attached hydrogens (tertiary/aromatic N) is 3. The van der Waals surface area contributed by atoms with Crippen LogP contribution in [-0.2, 0) is 4.84 Å². The molecule has 0 unspecified atom stereocenters. The second kappa shape index (κ2) is 7.57. The van der Waals surface area contributed by atoms with Gasteiger partial charge in [0.15, 0.2) is 0 Å². The molecule has 3 rings (SSSR count). The molecule has 0 aromatic heterocycles. The number of para-hydroxylation sites is 2. The summed E-state index contributed by atoms with van der Waals surface area (Å²) in [4.78, 5) is 43.4. The predicted molar refractivity (Wildman–Crippen MR) is 102 cm³/mol. The Bertz CT molecular complexity index is 895. The molecule has 146 valence electrons. The van der Waals surface area contributed by atoms with Gasteiger partial charge in [-0.15, -0.1) is 5.17 Å². The number of hydrogen-bond donors (Lipinski definition) is 2. The van der Waals surface area contributed by atoms with Crippen LogP contribution < -0.4 is 16.7 Å². The number of benzene rings is 2. The summed E-state index contributed by atoms with van der Waals surface area (Å²) in [6.45, 7) is 3.75. The van der Waals surface area contributed by atoms with E-state index in [9.17, 15) is 14.4 Å². The smallest absolute Gasteiger partial charge is 0.397 e. The van der Waals surface area contributed by atoms with E-state index >= 15 is 0 Å². The van der Waals surface area contributed by atoms with Crippen molar-refractivity contribution in [1.29, 1.82) is 0 Å². The maximum atomic E-state index is 12.8. The molecule has 1 aliphatic heterocycles. The first-order chi connectivity index (χ1) is 13.3. The zero-order valence-electron chi connectivity index (χ0n) is 15.5. The Labute approximate surface area is 161 Å². The van der Waals surface area contributed by atoms with E-state index in [-0.39, 0.29) is 29.3 Å². The first-order valence-corrected chi connectivity index (χ1v) is 8.67. The van der Waals surface area contributed by atoms with Crippen LogP contribution >= 0.6 is 0 Å². The topological polar surface area (TPSA) is 122 Å². The Kier molecular flexibility index (Phi) is 5.18. The average Bonchev–Trinajstić information content (AvgIpc) is 2.91. The van der Waals surface area contributed by atoms with Gasteiger partial charge >= 0.3 is 6.09 Å². The van der Waals surface area contributed by atoms with Crippen LogP contribution in [0.5, 0.6) is 0 Å². The minimum atomic E-state index is -0.978. The number of hydrazine groups is 2. The van der Waals surface area contributed by atoms with Crippen molar-refractivity contribution in [2.24, 2.45) is 11.8 Å². The summed E-state index contributed by atoms with van der Waals surface area (Å²) < 4.78 is 0. The number of nitrogens with two attached hydrogens (primary N) is 2. The molecule has 1 heterocycles. The van der Waals surface area contributed by atoms with Gasteiger partial charge in [-0.2, -0.15) is 5.01 Å². The number of anilines is 2. The van der Waals surface area contributed by atoms with E-state index in [1.807, 2.05) is 13.8 Å². The molecule has 9 heteroatoms. The van der Waals surface area contributed by atoms with Crippen LogP contribution in [-0.4, -0.2) is 34.5 Å². The third-order valence-electron chi connectivity index (χ3n) is 4.11. The number of imide groups is 1. The molecule has 2 aromatic rings. The fraction of sp³-hybridized carbons (Fsp3) is 0.211. The van der Waals surface area contributed by atoms with Crippen LogP contribution in [0.1, 0.15) is 34.6 Å². The molecule has 0 radical (unpaired) electrons. The van der Waals surface area contributed by atoms with Crippen molar-refractivity contribution in [1.82, 2.24) is 10.0 Å². The molecule has 3 amide bonds. The van der Waals surface area contributed by atoms with Gasteiger partial charge in [0.05, 0.1) is 16.8 Å². The van der Waals surface area contributed by atoms with E-state index in [1.165, 1.54) is 12.1 Å². The summed E-state index contributed by atoms with van der Waals surface area (Å²) in [5.41, 5.74) is 6.85. The molecule has 0 saturated heterocycles. The summed E-state index contributed by atoms with van der Waals surface area (Å²) in [5.74, 6) is 4.57. The highest BCUT2D eigenvalue weighted by Crippen LogP contribution is 2.26. The van der Waals surface area contributed by atoms with E-state index in [1.54, 1.807) is 36.4 Å². The van der Waals surface area contributed by atoms with Gasteiger partial charge in [-0.3, -0.25) is 9.59 Å². The molecule has 9 nitrogen and oxygen atoms in total. The largest absolute Gasteiger partial charge is 0.455 e. The van der Waals surface area contributed by atoms with Crippen molar-refractivity contribution < 1.29 is 19.2 Å². The Morgan fingerprint density at radius 3 is 2.11 bits per heavy atom. The first-order valence-electron chi connectivity index (χ1n) is 8.67. The van der Waals surface area contributed by atoms with Crippen LogP contribution in [0.2, 0.25) is 0 Å². The van der Waals surface area contributed by atoms with E-state index in [2.05, 4.69) is 0 Å². The van der Waals surface area contributed by atoms with Gasteiger partial charge in [-0.1, -0.05) is 38.1 Å². The van der Waals surface area contributed by atoms with Crippen molar-refractivity contribution in [2.45, 2.75) is 13.8 Å². The van der Waals surface area contributed by atoms with Crippen molar-refractivity contribution in [3.63, 3.8) is 0 Å². The molecule has 0 bridgehead atoms. The van der Waals surface area contributed by atoms with Gasteiger partial charge in [0.1, 0.15) is 5.69 Å². The minimum Gasteiger partial charge on any atom is -0.397 e. The highest BCUT2D eigenvalue weighted by molar-refractivity contribution is 6.21. The summed E-state index contributed by atoms with van der Waals surface area (Å²) in [5, 5.41) is 2.45. The summed E-state index contributed by atoms with van der Waals surface area (Å²) >= 11 is 0. The quantitative estimate of drug-likeness (QED) is 0.351. The average molecular weight is 383 g/mol. The third kappa shape index (κ3) is 3.47. The zero-order chi connectivity index (χ0) is 20.4. The fourth-order valence-corrected chi connectivity index (χ4v) is 2.85. The normalized spacial score (nSPS) is 12.9. The summed E-state index contributed by atoms with van der Waals surface area (Å²) in [7, 11) is 0. The monoisotopic (exact) mass is 383 g/mol. The van der Waals surface area contributed by atoms with E-state index < -0.39 is 17.9 Å². The number of rotatable bonds is 5. The lowest BCUT2D eigenvalue weighted by Gasteiger charge is -2.31. The lowest BCUT2D eigenvalue weighted by Crippen LogP contribution is -2.53. The van der Waals surface area contributed by atoms with Gasteiger partial charge in [0.2, 0.25) is 0 Å². The second-order valence-corrected chi connectivity index (χ2v) is 6.69. The molecule has 2 aromatic carbocycles. The molecular formula is C19H21N5O4. The van der Waals surface area contributed by atoms with Crippen molar-refractivity contribution in [3.8, 4) is 0 Å². The van der Waals surface area contributed by atoms with Crippen LogP contribution in [0, 0.1) is 5.92 Å². The van der Waals surface area contributed by atoms with Crippen molar-refractivity contribution in [2.75, 3.05) is 17.5 Å². The van der Waals surface area contributed by atoms with E-state index in [0.717, 1.165) is 10.0 Å². The maximum Gasteiger partial charge on any atom is 0.455 e. The number of amides is 3. The SMILES string of the molecule is CC(C)CN(C(=O)ON(N)c1ccccc1N)N1C(=O)c2ccccc2C1=O. The highest BCUT2D eigenvalue weighted by Gasteiger charge is 2.42. The molecule has 0 fully saturated rings. The van der Waals surface area contributed by atoms with Gasteiger partial charge in [-0.25, -0.2) is 15.6 Å². The zero-order valence-corrected chi connectivity index (χ0v) is 15.5. The number of hydrogen-bond acceptors (Lipinski definition) is 7. The molecule has 0 atom stereocenters. The fourth-order valence-electron chi connectivity index (χ4n) is 2.85. The highest BCUT2D eigenvalue weighted by atomic mass is 16.7. The Morgan fingerprint density at radius 1 is 1.04 bits per heavy atom. The van der Waals surface area contributed by atoms with Crippen molar-refractivity contribution in [3.05, 3.63) is 59.7 Å². The lowest BCUT2D eigenvalue weighted by atomic mass is 10.1. The first kappa shape index (κ1) is 19.2. The third-order valence-corrected chi connectivity index (χ3v) is 4.11. The van der Waals surface area contributed by atoms with Gasteiger partial charge in [0, 0.05) is 6.54 Å². The standard InChI is InChI=1S/C19H21N5O4/c1-12(2)11-22(19(27)28-24(21)16-10-6-5-9-15(16)20)23-17(25)13-7-3-4-8-14(13)18(23)26/h3-10,12H,11,20-21H2,1-2H3. The Morgan fingerprint density at radius 2 is 1.57 bits per heavy atom. The Hall–Kier alpha value is -3.59. The Balaban J connectivity index is 1.87. The number of carbonyl (C=O) groups excluding carboxylic acids is 3. The molecule has 0 saturated carbocycles. The maximum absolute atomic E-state index is 12.8. The van der Waals surface area contributed by atoms with Crippen LogP contribution in [0.3, 0.4) is 0 Å². The van der Waals surface area contributed by atoms with Gasteiger partial charge in [-0.05, 0) is 30.2 Å². The van der Waals surface area contributed by atoms with Gasteiger partial charge < -0.3 is 10.6 Å². The molecule has 1 aliphatic rings. The van der Waals surface area contributed by atoms with Crippen LogP contribution in [0.4, 0.5) is 16.2 Å². The van der Waals surface area contributed by atoms with Crippen molar-refractivity contribution >= 4 is 29.3 Å². The number of carbonyl (C=O) groups is 3. The summed E-state index contributed by atoms with van der Waals surface area (Å²) in [6.07, 6.45) is -0.978. The molecular weight excluding hydrogens is 362 g/mol. The van der Waals surface area contributed by atoms with Crippen LogP contribution in [0.25, 0.3) is 0 Å². The molecule has 28 heavy (non-hydrogen) atoms. The number of nitrogen functional groups attached to an aromatic ring is 1. The molecule has 0 aliphatic carbocycles. The molecule has 4 N–H and O–H groups in total. The second-order valence-electron chi connectivity index (χ2n) is 6.69. The van der Waals surface area contributed by atoms with Crippen LogP contribution in [0.15, 0.2) is 48.5 Å². The van der Waals surface area contributed by atoms with E-state index in [0.29, 0.717) is 10.9 Å². The van der Waals surface area contributed by atoms with E-state index in [4.69, 9.17) is 16.4 Å². The molecule has 0 spiro atoms. The predicted octanol–water partition coefficient (Wildman–Crippen LogP) is 2.17. The van der Waals surface area contributed by atoms with Gasteiger partial charge in [0.25, 0.3) is 11.8 Å². The lowest BCUT2D eigenvalue weighted by molar-refractivity contribution is -0.00953. The minimum absolute atomic E-state index is 0.0510. The summed E-state index contributed by atoms with van der Waals surface area (Å²) in [6, 6.07) is 12.9. The number of fused-ring (bicyclic) bond motifs is 1.